The lowest BCUT2D eigenvalue weighted by molar-refractivity contribution is -0.0115. The van der Waals surface area contributed by atoms with Crippen LogP contribution in [0.4, 0.5) is 16.2 Å². The van der Waals surface area contributed by atoms with E-state index < -0.39 is 12.1 Å². The number of carbonyl (C=O) groups excluding carboxylic acids is 3. The molecular formula is C37H46N4O8. The second-order valence-corrected chi connectivity index (χ2v) is 12.7. The molecule has 12 heteroatoms. The maximum absolute atomic E-state index is 14.4. The molecule has 2 heterocycles. The Morgan fingerprint density at radius 3 is 2.43 bits per heavy atom. The first-order valence-electron chi connectivity index (χ1n) is 16.7. The Morgan fingerprint density at radius 2 is 1.67 bits per heavy atom. The first-order valence-corrected chi connectivity index (χ1v) is 16.7. The number of aliphatic hydroxyl groups is 1. The fourth-order valence-electron chi connectivity index (χ4n) is 5.80. The van der Waals surface area contributed by atoms with Crippen LogP contribution in [-0.4, -0.2) is 91.1 Å². The number of nitrogens with one attached hydrogen (secondary N) is 2. The number of urea groups is 1. The molecule has 4 amide bonds. The van der Waals surface area contributed by atoms with Crippen LogP contribution in [0.15, 0.2) is 66.7 Å². The Bertz CT molecular complexity index is 1600. The van der Waals surface area contributed by atoms with Gasteiger partial charge in [-0.3, -0.25) is 9.59 Å². The van der Waals surface area contributed by atoms with Crippen LogP contribution in [-0.2, 0) is 4.74 Å². The average Bonchev–Trinajstić information content (AvgIpc) is 3.58. The third-order valence-corrected chi connectivity index (χ3v) is 8.77. The van der Waals surface area contributed by atoms with Gasteiger partial charge in [0.1, 0.15) is 5.75 Å². The van der Waals surface area contributed by atoms with E-state index in [0.717, 1.165) is 19.3 Å². The lowest BCUT2D eigenvalue weighted by Gasteiger charge is -2.35. The molecule has 0 aliphatic carbocycles. The predicted octanol–water partition coefficient (Wildman–Crippen LogP) is 5.63. The van der Waals surface area contributed by atoms with Gasteiger partial charge in [0.15, 0.2) is 11.5 Å². The van der Waals surface area contributed by atoms with Crippen molar-refractivity contribution in [3.63, 3.8) is 0 Å². The van der Waals surface area contributed by atoms with Crippen molar-refractivity contribution in [2.24, 2.45) is 5.92 Å². The Kier molecular flexibility index (Phi) is 12.0. The normalized spacial score (nSPS) is 20.3. The SMILES string of the molecule is C[C@@H]1CCCCO[C@@H](CN(C)C(=O)Nc2ccc3c(c2)OCO3)[C@H](C)CN([C@H](C)CO)C(=O)c2cc(NC(=O)c3ccccc3)ccc2O1. The number of rotatable bonds is 7. The molecule has 0 bridgehead atoms. The third kappa shape index (κ3) is 9.21. The van der Waals surface area contributed by atoms with Crippen LogP contribution < -0.4 is 24.8 Å². The molecule has 0 fully saturated rings. The summed E-state index contributed by atoms with van der Waals surface area (Å²) in [6.07, 6.45) is 1.75. The molecule has 49 heavy (non-hydrogen) atoms. The van der Waals surface area contributed by atoms with Gasteiger partial charge in [-0.15, -0.1) is 0 Å². The number of likely N-dealkylation sites (N-methyl/N-ethyl adjacent to an activating group) is 1. The molecule has 0 radical (unpaired) electrons. The highest BCUT2D eigenvalue weighted by Crippen LogP contribution is 2.34. The van der Waals surface area contributed by atoms with Gasteiger partial charge in [-0.25, -0.2) is 4.79 Å². The van der Waals surface area contributed by atoms with Crippen molar-refractivity contribution < 1.29 is 38.4 Å². The van der Waals surface area contributed by atoms with Crippen molar-refractivity contribution in [1.29, 1.82) is 0 Å². The fraction of sp³-hybridized carbons (Fsp3) is 0.432. The summed E-state index contributed by atoms with van der Waals surface area (Å²) < 4.78 is 23.5. The Balaban J connectivity index is 1.36. The van der Waals surface area contributed by atoms with Crippen molar-refractivity contribution in [2.45, 2.75) is 58.3 Å². The summed E-state index contributed by atoms with van der Waals surface area (Å²) >= 11 is 0. The Labute approximate surface area is 287 Å². The number of hydrogen-bond donors (Lipinski definition) is 3. The molecular weight excluding hydrogens is 628 g/mol. The van der Waals surface area contributed by atoms with E-state index in [-0.39, 0.29) is 61.9 Å². The van der Waals surface area contributed by atoms with Crippen molar-refractivity contribution in [3.8, 4) is 17.2 Å². The number of nitrogens with zero attached hydrogens (tertiary/aromatic N) is 2. The summed E-state index contributed by atoms with van der Waals surface area (Å²) in [4.78, 5) is 43.7. The van der Waals surface area contributed by atoms with Gasteiger partial charge in [0.2, 0.25) is 6.79 Å². The van der Waals surface area contributed by atoms with Gasteiger partial charge in [-0.05, 0) is 75.6 Å². The lowest BCUT2D eigenvalue weighted by atomic mass is 10.0. The summed E-state index contributed by atoms with van der Waals surface area (Å²) in [6, 6.07) is 18.2. The van der Waals surface area contributed by atoms with E-state index in [1.54, 1.807) is 84.4 Å². The second kappa shape index (κ2) is 16.5. The molecule has 0 unspecified atom stereocenters. The highest BCUT2D eigenvalue weighted by molar-refractivity contribution is 6.05. The Morgan fingerprint density at radius 1 is 0.959 bits per heavy atom. The standard InChI is InChI=1S/C37H46N4O8/c1-24-20-41(25(2)22-42)36(44)30-18-28(38-35(43)27-11-6-5-7-12-27)13-15-31(30)49-26(3)10-8-9-17-46-34(24)21-40(4)37(45)39-29-14-16-32-33(19-29)48-23-47-32/h5-7,11-16,18-19,24-26,34,42H,8-10,17,20-23H2,1-4H3,(H,38,43)(H,39,45)/t24-,25-,26-,34+/m1/s1. The van der Waals surface area contributed by atoms with Gasteiger partial charge >= 0.3 is 6.03 Å². The molecule has 0 aromatic heterocycles. The first kappa shape index (κ1) is 35.5. The van der Waals surface area contributed by atoms with Crippen molar-refractivity contribution >= 4 is 29.2 Å². The highest BCUT2D eigenvalue weighted by atomic mass is 16.7. The van der Waals surface area contributed by atoms with Gasteiger partial charge in [-0.2, -0.15) is 0 Å². The number of aliphatic hydroxyl groups excluding tert-OH is 1. The topological polar surface area (TPSA) is 139 Å². The van der Waals surface area contributed by atoms with Gasteiger partial charge < -0.3 is 44.5 Å². The molecule has 3 aromatic rings. The van der Waals surface area contributed by atoms with Gasteiger partial charge in [0.05, 0.1) is 30.4 Å². The number of anilines is 2. The molecule has 2 aliphatic rings. The van der Waals surface area contributed by atoms with E-state index in [1.807, 2.05) is 19.9 Å². The second-order valence-electron chi connectivity index (χ2n) is 12.7. The van der Waals surface area contributed by atoms with E-state index in [1.165, 1.54) is 0 Å². The fourth-order valence-corrected chi connectivity index (χ4v) is 5.80. The van der Waals surface area contributed by atoms with Crippen LogP contribution in [0.5, 0.6) is 17.2 Å². The molecule has 5 rings (SSSR count). The minimum Gasteiger partial charge on any atom is -0.490 e. The predicted molar refractivity (Wildman–Crippen MR) is 185 cm³/mol. The molecule has 3 N–H and O–H groups in total. The number of fused-ring (bicyclic) bond motifs is 2. The molecule has 3 aromatic carbocycles. The summed E-state index contributed by atoms with van der Waals surface area (Å²) in [5.74, 6) is 0.716. The van der Waals surface area contributed by atoms with Crippen LogP contribution >= 0.6 is 0 Å². The van der Waals surface area contributed by atoms with Crippen molar-refractivity contribution in [3.05, 3.63) is 77.9 Å². The number of benzene rings is 3. The van der Waals surface area contributed by atoms with Crippen LogP contribution in [0.3, 0.4) is 0 Å². The minimum atomic E-state index is -0.539. The monoisotopic (exact) mass is 674 g/mol. The smallest absolute Gasteiger partial charge is 0.321 e. The van der Waals surface area contributed by atoms with E-state index in [0.29, 0.717) is 40.8 Å². The van der Waals surface area contributed by atoms with Crippen molar-refractivity contribution in [2.75, 3.05) is 50.8 Å². The van der Waals surface area contributed by atoms with E-state index in [2.05, 4.69) is 10.6 Å². The van der Waals surface area contributed by atoms with Crippen molar-refractivity contribution in [1.82, 2.24) is 9.80 Å². The molecule has 0 saturated heterocycles. The summed E-state index contributed by atoms with van der Waals surface area (Å²) in [7, 11) is 1.70. The van der Waals surface area contributed by atoms with Gasteiger partial charge in [0, 0.05) is 55.7 Å². The zero-order valence-corrected chi connectivity index (χ0v) is 28.5. The largest absolute Gasteiger partial charge is 0.490 e. The number of carbonyl (C=O) groups is 3. The average molecular weight is 675 g/mol. The van der Waals surface area contributed by atoms with Crippen LogP contribution in [0.25, 0.3) is 0 Å². The first-order chi connectivity index (χ1) is 23.6. The molecule has 12 nitrogen and oxygen atoms in total. The zero-order chi connectivity index (χ0) is 34.9. The molecule has 0 spiro atoms. The summed E-state index contributed by atoms with van der Waals surface area (Å²) in [5, 5.41) is 16.0. The highest BCUT2D eigenvalue weighted by Gasteiger charge is 2.31. The van der Waals surface area contributed by atoms with Crippen LogP contribution in [0, 0.1) is 5.92 Å². The van der Waals surface area contributed by atoms with Crippen LogP contribution in [0.2, 0.25) is 0 Å². The number of hydrogen-bond acceptors (Lipinski definition) is 8. The molecule has 2 aliphatic heterocycles. The molecule has 4 atom stereocenters. The number of ether oxygens (including phenoxy) is 4. The molecule has 262 valence electrons. The quantitative estimate of drug-likeness (QED) is 0.293. The van der Waals surface area contributed by atoms with Gasteiger partial charge in [-0.1, -0.05) is 25.1 Å². The Hall–Kier alpha value is -4.81. The molecule has 0 saturated carbocycles. The van der Waals surface area contributed by atoms with Crippen LogP contribution in [0.1, 0.15) is 60.7 Å². The maximum Gasteiger partial charge on any atom is 0.321 e. The zero-order valence-electron chi connectivity index (χ0n) is 28.5. The number of amides is 4. The van der Waals surface area contributed by atoms with E-state index >= 15 is 0 Å². The maximum atomic E-state index is 14.4. The van der Waals surface area contributed by atoms with Gasteiger partial charge in [0.25, 0.3) is 11.8 Å². The summed E-state index contributed by atoms with van der Waals surface area (Å²) in [5.41, 5.74) is 1.78. The van der Waals surface area contributed by atoms with E-state index in [9.17, 15) is 19.5 Å². The lowest BCUT2D eigenvalue weighted by Crippen LogP contribution is -2.48. The summed E-state index contributed by atoms with van der Waals surface area (Å²) in [6.45, 7) is 6.56. The third-order valence-electron chi connectivity index (χ3n) is 8.77. The van der Waals surface area contributed by atoms with E-state index in [4.69, 9.17) is 18.9 Å². The minimum absolute atomic E-state index is 0.140.